The summed E-state index contributed by atoms with van der Waals surface area (Å²) in [6.07, 6.45) is -4.34. The molecule has 1 aliphatic rings. The number of carbonyl (C=O) groups excluding carboxylic acids is 5. The van der Waals surface area contributed by atoms with Crippen molar-refractivity contribution >= 4 is 29.8 Å². The van der Waals surface area contributed by atoms with Gasteiger partial charge in [0, 0.05) is 31.9 Å². The fourth-order valence-electron chi connectivity index (χ4n) is 3.03. The predicted molar refractivity (Wildman–Crippen MR) is 114 cm³/mol. The minimum absolute atomic E-state index is 0.0287. The summed E-state index contributed by atoms with van der Waals surface area (Å²) in [5, 5.41) is 6.21. The monoisotopic (exact) mass is 500 g/mol. The van der Waals surface area contributed by atoms with Crippen LogP contribution in [0.4, 0.5) is 0 Å². The molecule has 1 N–H and O–H groups in total. The van der Waals surface area contributed by atoms with Gasteiger partial charge in [0.15, 0.2) is 17.9 Å². The molecule has 1 fully saturated rings. The summed E-state index contributed by atoms with van der Waals surface area (Å²) in [6.45, 7) is 5.89. The van der Waals surface area contributed by atoms with Crippen molar-refractivity contribution in [3.05, 3.63) is 22.2 Å². The number of nitrogens with one attached hydrogen (secondary N) is 1. The Balaban J connectivity index is 3.46. The Kier molecular flexibility index (Phi) is 12.0. The van der Waals surface area contributed by atoms with Crippen molar-refractivity contribution in [1.82, 2.24) is 5.32 Å². The Labute approximate surface area is 200 Å². The van der Waals surface area contributed by atoms with Gasteiger partial charge in [-0.2, -0.15) is 0 Å². The van der Waals surface area contributed by atoms with Gasteiger partial charge < -0.3 is 33.7 Å². The third-order valence-corrected chi connectivity index (χ3v) is 4.28. The number of ether oxygens (including phenoxy) is 6. The molecule has 0 aromatic carbocycles. The Morgan fingerprint density at radius 3 is 1.91 bits per heavy atom. The van der Waals surface area contributed by atoms with Crippen molar-refractivity contribution in [1.29, 1.82) is 0 Å². The van der Waals surface area contributed by atoms with Gasteiger partial charge in [-0.3, -0.25) is 14.4 Å². The number of hydrogen-bond donors (Lipinski definition) is 1. The molecular weight excluding hydrogens is 472 g/mol. The molecule has 0 bridgehead atoms. The lowest BCUT2D eigenvalue weighted by atomic mass is 9.95. The van der Waals surface area contributed by atoms with E-state index in [9.17, 15) is 24.0 Å². The lowest BCUT2D eigenvalue weighted by molar-refractivity contribution is -0.220. The van der Waals surface area contributed by atoms with Crippen molar-refractivity contribution in [2.24, 2.45) is 5.11 Å². The zero-order chi connectivity index (χ0) is 26.5. The molecule has 35 heavy (non-hydrogen) atoms. The average Bonchev–Trinajstić information content (AvgIpc) is 2.76. The van der Waals surface area contributed by atoms with Gasteiger partial charge in [0.25, 0.3) is 0 Å². The molecule has 0 aromatic rings. The Morgan fingerprint density at radius 2 is 1.46 bits per heavy atom. The summed E-state index contributed by atoms with van der Waals surface area (Å²) in [4.78, 5) is 62.0. The van der Waals surface area contributed by atoms with Gasteiger partial charge in [-0.1, -0.05) is 5.11 Å². The molecule has 0 radical (unpaired) electrons. The predicted octanol–water partition coefficient (Wildman–Crippen LogP) is 0.416. The van der Waals surface area contributed by atoms with Crippen LogP contribution in [0.3, 0.4) is 0 Å². The SMILES string of the molecule is CCOC(=O)C(=CNC1OC(COC(C)=O)C(OC(C)=O)C(N=[N+]=[N-])C1OC(C)=O)C(=O)OCC. The van der Waals surface area contributed by atoms with Crippen LogP contribution in [0.2, 0.25) is 0 Å². The largest absolute Gasteiger partial charge is 0.463 e. The highest BCUT2D eigenvalue weighted by molar-refractivity contribution is 6.13. The van der Waals surface area contributed by atoms with Crippen LogP contribution in [0.1, 0.15) is 34.6 Å². The molecule has 15 heteroatoms. The molecule has 5 atom stereocenters. The summed E-state index contributed by atoms with van der Waals surface area (Å²) in [5.41, 5.74) is 8.56. The minimum Gasteiger partial charge on any atom is -0.463 e. The van der Waals surface area contributed by atoms with Crippen LogP contribution >= 0.6 is 0 Å². The van der Waals surface area contributed by atoms with E-state index in [-0.39, 0.29) is 13.2 Å². The van der Waals surface area contributed by atoms with Crippen LogP contribution in [-0.4, -0.2) is 80.2 Å². The molecular formula is C20H28N4O11. The van der Waals surface area contributed by atoms with Gasteiger partial charge >= 0.3 is 29.8 Å². The Bertz CT molecular complexity index is 864. The molecule has 194 valence electrons. The average molecular weight is 500 g/mol. The number of esters is 5. The molecule has 1 heterocycles. The Hall–Kier alpha value is -3.84. The lowest BCUT2D eigenvalue weighted by Gasteiger charge is -2.43. The number of nitrogens with zero attached hydrogens (tertiary/aromatic N) is 3. The summed E-state index contributed by atoms with van der Waals surface area (Å²) >= 11 is 0. The van der Waals surface area contributed by atoms with E-state index in [0.29, 0.717) is 0 Å². The highest BCUT2D eigenvalue weighted by atomic mass is 16.6. The normalized spacial score (nSPS) is 22.9. The van der Waals surface area contributed by atoms with Gasteiger partial charge in [0.05, 0.1) is 13.2 Å². The lowest BCUT2D eigenvalue weighted by Crippen LogP contribution is -2.63. The van der Waals surface area contributed by atoms with Crippen LogP contribution in [-0.2, 0) is 52.4 Å². The maximum absolute atomic E-state index is 12.2. The maximum Gasteiger partial charge on any atom is 0.347 e. The van der Waals surface area contributed by atoms with E-state index in [4.69, 9.17) is 34.0 Å². The first kappa shape index (κ1) is 29.2. The van der Waals surface area contributed by atoms with E-state index in [1.807, 2.05) is 0 Å². The van der Waals surface area contributed by atoms with Gasteiger partial charge in [-0.25, -0.2) is 9.59 Å². The van der Waals surface area contributed by atoms with E-state index in [0.717, 1.165) is 27.0 Å². The highest BCUT2D eigenvalue weighted by Crippen LogP contribution is 2.28. The van der Waals surface area contributed by atoms with Crippen molar-refractivity contribution < 1.29 is 52.4 Å². The zero-order valence-electron chi connectivity index (χ0n) is 19.9. The standard InChI is InChI=1S/C20H28N4O11/c1-6-30-19(28)13(20(29)31-7-2)8-22-18-17(34-12(5)27)15(23-24-21)16(33-11(4)26)14(35-18)9-32-10(3)25/h8,14-18,22H,6-7,9H2,1-5H3. The van der Waals surface area contributed by atoms with E-state index in [2.05, 4.69) is 15.3 Å². The molecule has 0 aliphatic carbocycles. The van der Waals surface area contributed by atoms with Crippen molar-refractivity contribution in [2.45, 2.75) is 65.2 Å². The molecule has 0 spiro atoms. The molecule has 0 aromatic heterocycles. The highest BCUT2D eigenvalue weighted by Gasteiger charge is 2.49. The fraction of sp³-hybridized carbons (Fsp3) is 0.650. The summed E-state index contributed by atoms with van der Waals surface area (Å²) in [5.74, 6) is -4.25. The van der Waals surface area contributed by atoms with E-state index < -0.39 is 72.6 Å². The maximum atomic E-state index is 12.2. The third-order valence-electron chi connectivity index (χ3n) is 4.28. The number of carbonyl (C=O) groups is 5. The first-order valence-corrected chi connectivity index (χ1v) is 10.5. The number of rotatable bonds is 11. The van der Waals surface area contributed by atoms with Crippen LogP contribution in [0, 0.1) is 0 Å². The second kappa shape index (κ2) is 14.4. The quantitative estimate of drug-likeness (QED) is 0.0599. The summed E-state index contributed by atoms with van der Waals surface area (Å²) in [6, 6.07) is -1.35. The second-order valence-electron chi connectivity index (χ2n) is 6.91. The fourth-order valence-corrected chi connectivity index (χ4v) is 3.03. The van der Waals surface area contributed by atoms with Gasteiger partial charge in [-0.05, 0) is 19.4 Å². The van der Waals surface area contributed by atoms with Crippen LogP contribution < -0.4 is 5.32 Å². The summed E-state index contributed by atoms with van der Waals surface area (Å²) in [7, 11) is 0. The smallest absolute Gasteiger partial charge is 0.347 e. The van der Waals surface area contributed by atoms with Gasteiger partial charge in [-0.15, -0.1) is 0 Å². The van der Waals surface area contributed by atoms with Crippen molar-refractivity contribution in [3.8, 4) is 0 Å². The zero-order valence-corrected chi connectivity index (χ0v) is 19.9. The van der Waals surface area contributed by atoms with Crippen LogP contribution in [0.15, 0.2) is 16.9 Å². The molecule has 15 nitrogen and oxygen atoms in total. The van der Waals surface area contributed by atoms with E-state index in [1.165, 1.54) is 13.8 Å². The third kappa shape index (κ3) is 9.14. The Morgan fingerprint density at radius 1 is 0.914 bits per heavy atom. The van der Waals surface area contributed by atoms with E-state index >= 15 is 0 Å². The molecule has 5 unspecified atom stereocenters. The van der Waals surface area contributed by atoms with Crippen molar-refractivity contribution in [2.75, 3.05) is 19.8 Å². The topological polar surface area (TPSA) is 202 Å². The molecule has 0 saturated carbocycles. The number of azide groups is 1. The van der Waals surface area contributed by atoms with Gasteiger partial charge in [0.1, 0.15) is 24.9 Å². The molecule has 1 rings (SSSR count). The molecule has 0 amide bonds. The van der Waals surface area contributed by atoms with E-state index in [1.54, 1.807) is 0 Å². The minimum atomic E-state index is -1.40. The first-order chi connectivity index (χ1) is 16.5. The van der Waals surface area contributed by atoms with Crippen LogP contribution in [0.5, 0.6) is 0 Å². The number of hydrogen-bond acceptors (Lipinski definition) is 13. The second-order valence-corrected chi connectivity index (χ2v) is 6.91. The molecule has 1 saturated heterocycles. The molecule has 1 aliphatic heterocycles. The van der Waals surface area contributed by atoms with Crippen molar-refractivity contribution in [3.63, 3.8) is 0 Å². The summed E-state index contributed by atoms with van der Waals surface area (Å²) < 4.78 is 30.9. The van der Waals surface area contributed by atoms with Gasteiger partial charge in [0.2, 0.25) is 0 Å². The first-order valence-electron chi connectivity index (χ1n) is 10.5. The van der Waals surface area contributed by atoms with Crippen LogP contribution in [0.25, 0.3) is 10.4 Å².